The SMILES string of the molecule is CNCCNC.Cc1ccc(OC2CCCCO2)c(-n2c3ccc(C)cc3c3cc(C)ccc32)c1.Cc1ccc(OC2CCCCO2)c(I)c1.Cc1ccc2[nH]c3ccc(C)cc3c2c1. The molecule has 8 nitrogen and oxygen atoms in total. The number of nitrogens with one attached hydrogen (secondary N) is 3. The highest BCUT2D eigenvalue weighted by Gasteiger charge is 2.21. The molecule has 342 valence electrons. The second-order valence-corrected chi connectivity index (χ2v) is 18.7. The molecule has 2 aliphatic rings. The van der Waals surface area contributed by atoms with Crippen molar-refractivity contribution in [1.29, 1.82) is 0 Å². The van der Waals surface area contributed by atoms with E-state index in [0.717, 1.165) is 79.2 Å². The van der Waals surface area contributed by atoms with Crippen molar-refractivity contribution in [3.05, 3.63) is 146 Å². The summed E-state index contributed by atoms with van der Waals surface area (Å²) in [5, 5.41) is 11.2. The molecule has 2 unspecified atom stereocenters. The van der Waals surface area contributed by atoms with Crippen molar-refractivity contribution >= 4 is 66.2 Å². The van der Waals surface area contributed by atoms with Crippen molar-refractivity contribution < 1.29 is 18.9 Å². The number of hydrogen-bond donors (Lipinski definition) is 3. The number of rotatable bonds is 8. The van der Waals surface area contributed by atoms with Gasteiger partial charge in [0, 0.05) is 58.5 Å². The van der Waals surface area contributed by atoms with Crippen LogP contribution >= 0.6 is 22.6 Å². The van der Waals surface area contributed by atoms with Gasteiger partial charge in [0.2, 0.25) is 0 Å². The Morgan fingerprint density at radius 2 is 0.938 bits per heavy atom. The van der Waals surface area contributed by atoms with Crippen molar-refractivity contribution in [2.75, 3.05) is 40.4 Å². The van der Waals surface area contributed by atoms with Crippen LogP contribution in [0.5, 0.6) is 11.5 Å². The molecule has 9 heteroatoms. The number of likely N-dealkylation sites (N-methyl/N-ethyl adjacent to an activating group) is 2. The molecular weight excluding hydrogens is 920 g/mol. The summed E-state index contributed by atoms with van der Waals surface area (Å²) in [6.45, 7) is 16.5. The Kier molecular flexibility index (Phi) is 17.0. The van der Waals surface area contributed by atoms with Gasteiger partial charge in [-0.1, -0.05) is 58.7 Å². The fraction of sp³-hybridized carbons (Fsp3) is 0.357. The second kappa shape index (κ2) is 23.0. The predicted octanol–water partition coefficient (Wildman–Crippen LogP) is 13.5. The van der Waals surface area contributed by atoms with Crippen LogP contribution in [-0.4, -0.2) is 62.5 Å². The van der Waals surface area contributed by atoms with E-state index in [1.165, 1.54) is 83.4 Å². The quantitative estimate of drug-likeness (QED) is 0.104. The number of aromatic amines is 1. The van der Waals surface area contributed by atoms with Crippen LogP contribution in [0.25, 0.3) is 49.3 Å². The monoisotopic (exact) mass is 986 g/mol. The fourth-order valence-corrected chi connectivity index (χ4v) is 9.18. The number of aryl methyl sites for hydroxylation is 6. The molecule has 8 aromatic rings. The minimum Gasteiger partial charge on any atom is -0.464 e. The zero-order valence-electron chi connectivity index (χ0n) is 39.6. The molecule has 0 amide bonds. The lowest BCUT2D eigenvalue weighted by atomic mass is 10.1. The number of benzene rings is 6. The Bertz CT molecular complexity index is 2700. The first-order chi connectivity index (χ1) is 31.5. The van der Waals surface area contributed by atoms with Crippen LogP contribution < -0.4 is 20.1 Å². The van der Waals surface area contributed by atoms with Gasteiger partial charge in [-0.3, -0.25) is 0 Å². The van der Waals surface area contributed by atoms with Gasteiger partial charge in [0.1, 0.15) is 11.5 Å². The first-order valence-electron chi connectivity index (χ1n) is 23.2. The number of fused-ring (bicyclic) bond motifs is 6. The lowest BCUT2D eigenvalue weighted by Crippen LogP contribution is -2.25. The molecule has 65 heavy (non-hydrogen) atoms. The number of ether oxygens (including phenoxy) is 4. The smallest absolute Gasteiger partial charge is 0.199 e. The Morgan fingerprint density at radius 3 is 1.40 bits per heavy atom. The van der Waals surface area contributed by atoms with Crippen LogP contribution in [-0.2, 0) is 9.47 Å². The first kappa shape index (κ1) is 48.0. The Hall–Kier alpha value is -4.91. The highest BCUT2D eigenvalue weighted by Crippen LogP contribution is 2.38. The maximum absolute atomic E-state index is 6.37. The molecule has 2 atom stereocenters. The summed E-state index contributed by atoms with van der Waals surface area (Å²) in [4.78, 5) is 3.43. The lowest BCUT2D eigenvalue weighted by molar-refractivity contribution is -0.106. The van der Waals surface area contributed by atoms with Crippen molar-refractivity contribution in [2.24, 2.45) is 0 Å². The molecule has 2 saturated heterocycles. The molecule has 0 bridgehead atoms. The highest BCUT2D eigenvalue weighted by molar-refractivity contribution is 14.1. The molecule has 0 radical (unpaired) electrons. The van der Waals surface area contributed by atoms with Crippen molar-refractivity contribution in [3.63, 3.8) is 0 Å². The van der Waals surface area contributed by atoms with Crippen molar-refractivity contribution in [1.82, 2.24) is 20.2 Å². The molecule has 0 aliphatic carbocycles. The van der Waals surface area contributed by atoms with E-state index in [0.29, 0.717) is 0 Å². The van der Waals surface area contributed by atoms with E-state index in [9.17, 15) is 0 Å². The zero-order valence-corrected chi connectivity index (χ0v) is 41.7. The number of H-pyrrole nitrogens is 1. The Morgan fingerprint density at radius 1 is 0.523 bits per heavy atom. The van der Waals surface area contributed by atoms with Gasteiger partial charge in [-0.2, -0.15) is 0 Å². The summed E-state index contributed by atoms with van der Waals surface area (Å²) >= 11 is 2.30. The van der Waals surface area contributed by atoms with E-state index in [2.05, 4.69) is 187 Å². The molecule has 10 rings (SSSR count). The minimum atomic E-state index is -0.164. The number of nitrogens with zero attached hydrogens (tertiary/aromatic N) is 1. The maximum atomic E-state index is 6.37. The topological polar surface area (TPSA) is 81.7 Å². The number of hydrogen-bond acceptors (Lipinski definition) is 6. The minimum absolute atomic E-state index is 0.0463. The summed E-state index contributed by atoms with van der Waals surface area (Å²) in [6, 6.07) is 39.1. The van der Waals surface area contributed by atoms with Crippen molar-refractivity contribution in [2.45, 2.75) is 92.6 Å². The van der Waals surface area contributed by atoms with Crippen LogP contribution in [0.1, 0.15) is 71.9 Å². The molecule has 4 heterocycles. The van der Waals surface area contributed by atoms with Gasteiger partial charge in [-0.15, -0.1) is 0 Å². The summed E-state index contributed by atoms with van der Waals surface area (Å²) in [7, 11) is 3.88. The Labute approximate surface area is 399 Å². The van der Waals surface area contributed by atoms with Gasteiger partial charge in [0.05, 0.1) is 33.5 Å². The van der Waals surface area contributed by atoms with E-state index in [1.807, 2.05) is 20.2 Å². The highest BCUT2D eigenvalue weighted by atomic mass is 127. The van der Waals surface area contributed by atoms with Gasteiger partial charge in [-0.25, -0.2) is 0 Å². The van der Waals surface area contributed by atoms with Crippen molar-refractivity contribution in [3.8, 4) is 17.2 Å². The third-order valence-corrected chi connectivity index (χ3v) is 12.7. The van der Waals surface area contributed by atoms with Crippen LogP contribution in [0.3, 0.4) is 0 Å². The molecular formula is C56H67IN4O4. The van der Waals surface area contributed by atoms with E-state index >= 15 is 0 Å². The summed E-state index contributed by atoms with van der Waals surface area (Å²) in [5.41, 5.74) is 13.6. The second-order valence-electron chi connectivity index (χ2n) is 17.5. The molecule has 0 spiro atoms. The molecule has 6 aromatic carbocycles. The molecule has 2 fully saturated rings. The number of halogens is 1. The average Bonchev–Trinajstić information content (AvgIpc) is 3.82. The molecule has 2 aromatic heterocycles. The maximum Gasteiger partial charge on any atom is 0.199 e. The lowest BCUT2D eigenvalue weighted by Gasteiger charge is -2.25. The van der Waals surface area contributed by atoms with Crippen LogP contribution in [0.2, 0.25) is 0 Å². The van der Waals surface area contributed by atoms with Gasteiger partial charge in [0.25, 0.3) is 0 Å². The van der Waals surface area contributed by atoms with Gasteiger partial charge in [0.15, 0.2) is 12.6 Å². The van der Waals surface area contributed by atoms with E-state index in [4.69, 9.17) is 18.9 Å². The first-order valence-corrected chi connectivity index (χ1v) is 24.3. The summed E-state index contributed by atoms with van der Waals surface area (Å²) in [5.74, 6) is 1.82. The van der Waals surface area contributed by atoms with Crippen LogP contribution in [0.4, 0.5) is 0 Å². The Balaban J connectivity index is 0.000000147. The fourth-order valence-electron chi connectivity index (χ4n) is 8.38. The van der Waals surface area contributed by atoms with Crippen LogP contribution in [0, 0.1) is 45.1 Å². The zero-order chi connectivity index (χ0) is 45.9. The van der Waals surface area contributed by atoms with E-state index in [-0.39, 0.29) is 12.6 Å². The standard InChI is InChI=1S/C26H27NO2.C14H13N.C12H15IO2.C4H12N2/c1-17-7-10-22-20(14-17)21-15-18(2)8-11-23(21)27(22)24-16-19(3)9-12-25(24)29-26-6-4-5-13-28-26;1-9-3-5-13-11(7-9)12-8-10(2)4-6-14(12)15-13;1-9-5-6-11(10(13)8-9)15-12-4-2-3-7-14-12;1-5-3-4-6-2/h7-12,14-16,26H,4-6,13H2,1-3H3;3-8,15H,1-2H3;5-6,8,12H,2-4,7H2,1H3;5-6H,3-4H2,1-2H3. The molecule has 2 aliphatic heterocycles. The average molecular weight is 987 g/mol. The van der Waals surface area contributed by atoms with Crippen LogP contribution in [0.15, 0.2) is 109 Å². The number of aromatic nitrogens is 2. The predicted molar refractivity (Wildman–Crippen MR) is 280 cm³/mol. The molecule has 0 saturated carbocycles. The summed E-state index contributed by atoms with van der Waals surface area (Å²) < 4.78 is 27.1. The third kappa shape index (κ3) is 12.5. The third-order valence-electron chi connectivity index (χ3n) is 11.8. The normalized spacial score (nSPS) is 16.0. The van der Waals surface area contributed by atoms with Gasteiger partial charge < -0.3 is 39.1 Å². The van der Waals surface area contributed by atoms with E-state index < -0.39 is 0 Å². The van der Waals surface area contributed by atoms with Gasteiger partial charge in [-0.05, 0) is 188 Å². The largest absolute Gasteiger partial charge is 0.464 e. The van der Waals surface area contributed by atoms with Gasteiger partial charge >= 0.3 is 0 Å². The van der Waals surface area contributed by atoms with E-state index in [1.54, 1.807) is 0 Å². The molecule has 3 N–H and O–H groups in total. The summed E-state index contributed by atoms with van der Waals surface area (Å²) in [6.07, 6.45) is 6.37.